The van der Waals surface area contributed by atoms with Gasteiger partial charge in [0, 0.05) is 35.9 Å². The zero-order valence-corrected chi connectivity index (χ0v) is 12.3. The van der Waals surface area contributed by atoms with E-state index in [1.54, 1.807) is 11.3 Å². The Morgan fingerprint density at radius 2 is 2.32 bits per heavy atom. The fraction of sp³-hybridized carbons (Fsp3) is 0.571. The highest BCUT2D eigenvalue weighted by Gasteiger charge is 2.28. The fourth-order valence-corrected chi connectivity index (χ4v) is 3.85. The molecule has 1 aliphatic rings. The van der Waals surface area contributed by atoms with Gasteiger partial charge in [0.2, 0.25) is 0 Å². The van der Waals surface area contributed by atoms with E-state index in [-0.39, 0.29) is 0 Å². The van der Waals surface area contributed by atoms with Crippen molar-refractivity contribution in [2.24, 2.45) is 0 Å². The summed E-state index contributed by atoms with van der Waals surface area (Å²) in [6, 6.07) is 1.10. The average Bonchev–Trinajstić information content (AvgIpc) is 3.07. The number of hydrogen-bond acceptors (Lipinski definition) is 4. The molecule has 4 nitrogen and oxygen atoms in total. The van der Waals surface area contributed by atoms with Gasteiger partial charge in [-0.1, -0.05) is 0 Å². The van der Waals surface area contributed by atoms with Crippen LogP contribution in [-0.2, 0) is 6.54 Å². The highest BCUT2D eigenvalue weighted by molar-refractivity contribution is 7.11. The van der Waals surface area contributed by atoms with Gasteiger partial charge in [0.1, 0.15) is 0 Å². The SMILES string of the molecule is Cc1nc(C)c(CNC2CCCC2n2ccnc2)s1. The van der Waals surface area contributed by atoms with Crippen molar-refractivity contribution in [3.05, 3.63) is 34.3 Å². The van der Waals surface area contributed by atoms with Crippen molar-refractivity contribution in [3.8, 4) is 0 Å². The molecule has 1 saturated carbocycles. The summed E-state index contributed by atoms with van der Waals surface area (Å²) in [6.45, 7) is 5.11. The Labute approximate surface area is 117 Å². The first-order valence-corrected chi connectivity index (χ1v) is 7.69. The van der Waals surface area contributed by atoms with Gasteiger partial charge in [0.15, 0.2) is 0 Å². The molecule has 1 aliphatic carbocycles. The first kappa shape index (κ1) is 12.8. The van der Waals surface area contributed by atoms with Crippen molar-refractivity contribution in [3.63, 3.8) is 0 Å². The van der Waals surface area contributed by atoms with Gasteiger partial charge in [-0.2, -0.15) is 0 Å². The van der Waals surface area contributed by atoms with Crippen LogP contribution in [0.25, 0.3) is 0 Å². The van der Waals surface area contributed by atoms with Gasteiger partial charge in [-0.05, 0) is 33.1 Å². The van der Waals surface area contributed by atoms with E-state index in [2.05, 4.69) is 39.9 Å². The molecule has 0 spiro atoms. The predicted molar refractivity (Wildman–Crippen MR) is 77.3 cm³/mol. The maximum absolute atomic E-state index is 4.49. The molecule has 19 heavy (non-hydrogen) atoms. The average molecular weight is 276 g/mol. The number of nitrogens with zero attached hydrogens (tertiary/aromatic N) is 3. The Morgan fingerprint density at radius 3 is 3.00 bits per heavy atom. The van der Waals surface area contributed by atoms with Crippen LogP contribution >= 0.6 is 11.3 Å². The normalized spacial score (nSPS) is 23.1. The lowest BCUT2D eigenvalue weighted by molar-refractivity contribution is 0.391. The van der Waals surface area contributed by atoms with E-state index >= 15 is 0 Å². The quantitative estimate of drug-likeness (QED) is 0.933. The minimum Gasteiger partial charge on any atom is -0.333 e. The number of thiazole rings is 1. The van der Waals surface area contributed by atoms with Crippen molar-refractivity contribution < 1.29 is 0 Å². The zero-order chi connectivity index (χ0) is 13.2. The Kier molecular flexibility index (Phi) is 3.66. The summed E-state index contributed by atoms with van der Waals surface area (Å²) in [7, 11) is 0. The van der Waals surface area contributed by atoms with E-state index in [1.165, 1.54) is 29.8 Å². The standard InChI is InChI=1S/C14H20N4S/c1-10-14(19-11(2)17-10)8-16-12-4-3-5-13(12)18-7-6-15-9-18/h6-7,9,12-13,16H,3-5,8H2,1-2H3. The minimum absolute atomic E-state index is 0.552. The topological polar surface area (TPSA) is 42.7 Å². The van der Waals surface area contributed by atoms with Crippen LogP contribution in [0.1, 0.15) is 40.9 Å². The van der Waals surface area contributed by atoms with Crippen molar-refractivity contribution in [2.45, 2.75) is 51.7 Å². The van der Waals surface area contributed by atoms with Crippen LogP contribution in [0, 0.1) is 13.8 Å². The van der Waals surface area contributed by atoms with Gasteiger partial charge >= 0.3 is 0 Å². The molecule has 0 aromatic carbocycles. The maximum Gasteiger partial charge on any atom is 0.0949 e. The predicted octanol–water partition coefficient (Wildman–Crippen LogP) is 2.84. The molecule has 2 atom stereocenters. The smallest absolute Gasteiger partial charge is 0.0949 e. The van der Waals surface area contributed by atoms with Crippen molar-refractivity contribution >= 4 is 11.3 Å². The summed E-state index contributed by atoms with van der Waals surface area (Å²) in [5.41, 5.74) is 1.17. The van der Waals surface area contributed by atoms with E-state index in [4.69, 9.17) is 0 Å². The van der Waals surface area contributed by atoms with Crippen LogP contribution < -0.4 is 5.32 Å². The minimum atomic E-state index is 0.552. The zero-order valence-electron chi connectivity index (χ0n) is 11.5. The number of hydrogen-bond donors (Lipinski definition) is 1. The molecule has 2 aromatic heterocycles. The second-order valence-electron chi connectivity index (χ2n) is 5.24. The summed E-state index contributed by atoms with van der Waals surface area (Å²) in [6.07, 6.45) is 9.67. The van der Waals surface area contributed by atoms with E-state index in [1.807, 2.05) is 12.5 Å². The lowest BCUT2D eigenvalue weighted by atomic mass is 10.1. The third-order valence-corrected chi connectivity index (χ3v) is 4.98. The number of aromatic nitrogens is 3. The molecule has 0 radical (unpaired) electrons. The first-order valence-electron chi connectivity index (χ1n) is 6.88. The van der Waals surface area contributed by atoms with Crippen LogP contribution in [-0.4, -0.2) is 20.6 Å². The van der Waals surface area contributed by atoms with Crippen LogP contribution in [0.4, 0.5) is 0 Å². The van der Waals surface area contributed by atoms with Crippen LogP contribution in [0.5, 0.6) is 0 Å². The molecule has 2 aromatic rings. The molecule has 0 bridgehead atoms. The monoisotopic (exact) mass is 276 g/mol. The summed E-state index contributed by atoms with van der Waals surface area (Å²) in [5, 5.41) is 4.87. The summed E-state index contributed by atoms with van der Waals surface area (Å²) in [4.78, 5) is 10.0. The fourth-order valence-electron chi connectivity index (χ4n) is 2.96. The molecule has 0 amide bonds. The largest absolute Gasteiger partial charge is 0.333 e. The summed E-state index contributed by atoms with van der Waals surface area (Å²) >= 11 is 1.80. The third-order valence-electron chi connectivity index (χ3n) is 3.91. The Bertz CT molecular complexity index is 532. The molecule has 0 saturated heterocycles. The van der Waals surface area contributed by atoms with Crippen molar-refractivity contribution in [1.82, 2.24) is 19.9 Å². The van der Waals surface area contributed by atoms with Crippen LogP contribution in [0.15, 0.2) is 18.7 Å². The molecular formula is C14H20N4S. The molecule has 1 N–H and O–H groups in total. The Morgan fingerprint density at radius 1 is 1.42 bits per heavy atom. The van der Waals surface area contributed by atoms with Crippen LogP contribution in [0.3, 0.4) is 0 Å². The summed E-state index contributed by atoms with van der Waals surface area (Å²) in [5.74, 6) is 0. The van der Waals surface area contributed by atoms with Crippen LogP contribution in [0.2, 0.25) is 0 Å². The second kappa shape index (κ2) is 5.43. The summed E-state index contributed by atoms with van der Waals surface area (Å²) < 4.78 is 2.25. The van der Waals surface area contributed by atoms with Gasteiger partial charge in [0.05, 0.1) is 17.0 Å². The molecular weight excluding hydrogens is 256 g/mol. The molecule has 3 rings (SSSR count). The van der Waals surface area contributed by atoms with Gasteiger partial charge < -0.3 is 9.88 Å². The lowest BCUT2D eigenvalue weighted by Crippen LogP contribution is -2.33. The molecule has 0 aliphatic heterocycles. The lowest BCUT2D eigenvalue weighted by Gasteiger charge is -2.22. The second-order valence-corrected chi connectivity index (χ2v) is 6.52. The number of aryl methyl sites for hydroxylation is 2. The van der Waals surface area contributed by atoms with Gasteiger partial charge in [-0.15, -0.1) is 11.3 Å². The molecule has 1 fully saturated rings. The maximum atomic E-state index is 4.49. The van der Waals surface area contributed by atoms with E-state index < -0.39 is 0 Å². The van der Waals surface area contributed by atoms with Crippen molar-refractivity contribution in [1.29, 1.82) is 0 Å². The van der Waals surface area contributed by atoms with E-state index in [0.717, 1.165) is 11.6 Å². The third kappa shape index (κ3) is 2.72. The van der Waals surface area contributed by atoms with Gasteiger partial charge in [0.25, 0.3) is 0 Å². The van der Waals surface area contributed by atoms with Gasteiger partial charge in [-0.25, -0.2) is 9.97 Å². The molecule has 2 heterocycles. The Hall–Kier alpha value is -1.20. The highest BCUT2D eigenvalue weighted by atomic mass is 32.1. The molecule has 2 unspecified atom stereocenters. The number of nitrogens with one attached hydrogen (secondary N) is 1. The van der Waals surface area contributed by atoms with E-state index in [0.29, 0.717) is 12.1 Å². The van der Waals surface area contributed by atoms with E-state index in [9.17, 15) is 0 Å². The molecule has 102 valence electrons. The highest BCUT2D eigenvalue weighted by Crippen LogP contribution is 2.30. The molecule has 5 heteroatoms. The van der Waals surface area contributed by atoms with Crippen molar-refractivity contribution in [2.75, 3.05) is 0 Å². The number of imidazole rings is 1. The number of rotatable bonds is 4. The Balaban J connectivity index is 1.64. The van der Waals surface area contributed by atoms with Gasteiger partial charge in [-0.3, -0.25) is 0 Å². The first-order chi connectivity index (χ1) is 9.24.